The largest absolute Gasteiger partial charge is 0.508 e. The summed E-state index contributed by atoms with van der Waals surface area (Å²) in [6.45, 7) is 9.07. The normalized spacial score (nSPS) is 10.9. The molecule has 0 aliphatic rings. The van der Waals surface area contributed by atoms with E-state index >= 15 is 0 Å². The minimum atomic E-state index is 0.385. The van der Waals surface area contributed by atoms with E-state index in [9.17, 15) is 5.11 Å². The molecule has 0 spiro atoms. The molecule has 1 aromatic rings. The summed E-state index contributed by atoms with van der Waals surface area (Å²) in [6, 6.07) is 4.36. The topological polar surface area (TPSA) is 32.3 Å². The molecule has 0 aromatic heterocycles. The SMILES string of the molecule is Cc1cc(CNC(C)C)c(C)cc1O. The number of rotatable bonds is 3. The molecule has 1 rings (SSSR count). The van der Waals surface area contributed by atoms with Crippen LogP contribution in [0.25, 0.3) is 0 Å². The molecule has 0 heterocycles. The number of aryl methyl sites for hydroxylation is 2. The summed E-state index contributed by atoms with van der Waals surface area (Å²) < 4.78 is 0. The molecular formula is C12H19NO. The molecule has 0 atom stereocenters. The van der Waals surface area contributed by atoms with Gasteiger partial charge < -0.3 is 10.4 Å². The Kier molecular flexibility index (Phi) is 3.53. The van der Waals surface area contributed by atoms with Gasteiger partial charge in [-0.25, -0.2) is 0 Å². The summed E-state index contributed by atoms with van der Waals surface area (Å²) in [5, 5.41) is 12.8. The van der Waals surface area contributed by atoms with Crippen LogP contribution in [0.2, 0.25) is 0 Å². The summed E-state index contributed by atoms with van der Waals surface area (Å²) in [5.41, 5.74) is 3.34. The lowest BCUT2D eigenvalue weighted by atomic mass is 10.0. The number of benzene rings is 1. The average Bonchev–Trinajstić information content (AvgIpc) is 2.09. The van der Waals surface area contributed by atoms with E-state index in [1.165, 1.54) is 5.56 Å². The molecule has 0 fully saturated rings. The fraction of sp³-hybridized carbons (Fsp3) is 0.500. The van der Waals surface area contributed by atoms with Gasteiger partial charge in [0.25, 0.3) is 0 Å². The van der Waals surface area contributed by atoms with Gasteiger partial charge in [-0.05, 0) is 36.6 Å². The molecule has 2 N–H and O–H groups in total. The monoisotopic (exact) mass is 193 g/mol. The highest BCUT2D eigenvalue weighted by molar-refractivity contribution is 5.40. The molecule has 0 aliphatic heterocycles. The zero-order valence-electron chi connectivity index (χ0n) is 9.39. The number of aromatic hydroxyl groups is 1. The molecule has 14 heavy (non-hydrogen) atoms. The van der Waals surface area contributed by atoms with Crippen molar-refractivity contribution in [1.29, 1.82) is 0 Å². The van der Waals surface area contributed by atoms with Crippen LogP contribution in [-0.4, -0.2) is 11.1 Å². The van der Waals surface area contributed by atoms with Crippen molar-refractivity contribution in [3.05, 3.63) is 28.8 Å². The fourth-order valence-corrected chi connectivity index (χ4v) is 1.37. The van der Waals surface area contributed by atoms with Crippen LogP contribution in [0.5, 0.6) is 5.75 Å². The number of nitrogens with one attached hydrogen (secondary N) is 1. The molecule has 0 aliphatic carbocycles. The molecule has 78 valence electrons. The van der Waals surface area contributed by atoms with Gasteiger partial charge in [0.2, 0.25) is 0 Å². The number of phenolic OH excluding ortho intramolecular Hbond substituents is 1. The Hall–Kier alpha value is -1.02. The highest BCUT2D eigenvalue weighted by Crippen LogP contribution is 2.21. The minimum Gasteiger partial charge on any atom is -0.508 e. The van der Waals surface area contributed by atoms with E-state index in [4.69, 9.17) is 0 Å². The first-order valence-corrected chi connectivity index (χ1v) is 5.03. The first-order valence-electron chi connectivity index (χ1n) is 5.03. The maximum Gasteiger partial charge on any atom is 0.118 e. The van der Waals surface area contributed by atoms with E-state index in [0.29, 0.717) is 11.8 Å². The van der Waals surface area contributed by atoms with Crippen LogP contribution in [0.4, 0.5) is 0 Å². The Balaban J connectivity index is 2.82. The first kappa shape index (κ1) is 11.1. The third kappa shape index (κ3) is 2.74. The third-order valence-corrected chi connectivity index (χ3v) is 2.36. The predicted molar refractivity (Wildman–Crippen MR) is 59.6 cm³/mol. The number of hydrogen-bond donors (Lipinski definition) is 2. The van der Waals surface area contributed by atoms with Crippen molar-refractivity contribution in [2.45, 2.75) is 40.3 Å². The Morgan fingerprint density at radius 1 is 1.21 bits per heavy atom. The Bertz CT molecular complexity index is 318. The average molecular weight is 193 g/mol. The summed E-state index contributed by atoms with van der Waals surface area (Å²) in [7, 11) is 0. The van der Waals surface area contributed by atoms with Crippen molar-refractivity contribution in [2.24, 2.45) is 0 Å². The molecule has 2 nitrogen and oxygen atoms in total. The molecular weight excluding hydrogens is 174 g/mol. The second-order valence-electron chi connectivity index (χ2n) is 4.10. The van der Waals surface area contributed by atoms with Crippen molar-refractivity contribution < 1.29 is 5.11 Å². The maximum absolute atomic E-state index is 9.48. The fourth-order valence-electron chi connectivity index (χ4n) is 1.37. The molecule has 1 aromatic carbocycles. The van der Waals surface area contributed by atoms with Crippen LogP contribution in [0.1, 0.15) is 30.5 Å². The molecule has 0 saturated heterocycles. The van der Waals surface area contributed by atoms with E-state index < -0.39 is 0 Å². The van der Waals surface area contributed by atoms with E-state index in [0.717, 1.165) is 17.7 Å². The van der Waals surface area contributed by atoms with Crippen molar-refractivity contribution in [1.82, 2.24) is 5.32 Å². The number of hydrogen-bond acceptors (Lipinski definition) is 2. The van der Waals surface area contributed by atoms with Gasteiger partial charge in [0.05, 0.1) is 0 Å². The molecule has 2 heteroatoms. The van der Waals surface area contributed by atoms with Crippen LogP contribution in [0, 0.1) is 13.8 Å². The van der Waals surface area contributed by atoms with Crippen LogP contribution in [0.15, 0.2) is 12.1 Å². The van der Waals surface area contributed by atoms with E-state index in [2.05, 4.69) is 19.2 Å². The van der Waals surface area contributed by atoms with Crippen LogP contribution in [0.3, 0.4) is 0 Å². The molecule has 0 amide bonds. The Labute approximate surface area is 86.0 Å². The highest BCUT2D eigenvalue weighted by atomic mass is 16.3. The van der Waals surface area contributed by atoms with E-state index in [1.807, 2.05) is 26.0 Å². The lowest BCUT2D eigenvalue weighted by Crippen LogP contribution is -2.22. The quantitative estimate of drug-likeness (QED) is 0.773. The van der Waals surface area contributed by atoms with Crippen LogP contribution >= 0.6 is 0 Å². The highest BCUT2D eigenvalue weighted by Gasteiger charge is 2.03. The van der Waals surface area contributed by atoms with Crippen molar-refractivity contribution in [3.63, 3.8) is 0 Å². The van der Waals surface area contributed by atoms with Crippen molar-refractivity contribution >= 4 is 0 Å². The minimum absolute atomic E-state index is 0.385. The Morgan fingerprint density at radius 3 is 2.43 bits per heavy atom. The molecule has 0 radical (unpaired) electrons. The predicted octanol–water partition coefficient (Wildman–Crippen LogP) is 2.51. The second-order valence-corrected chi connectivity index (χ2v) is 4.10. The van der Waals surface area contributed by atoms with Gasteiger partial charge in [-0.15, -0.1) is 0 Å². The van der Waals surface area contributed by atoms with Gasteiger partial charge in [0.1, 0.15) is 5.75 Å². The summed E-state index contributed by atoms with van der Waals surface area (Å²) in [5.74, 6) is 0.385. The maximum atomic E-state index is 9.48. The summed E-state index contributed by atoms with van der Waals surface area (Å²) in [6.07, 6.45) is 0. The third-order valence-electron chi connectivity index (χ3n) is 2.36. The molecule has 0 saturated carbocycles. The van der Waals surface area contributed by atoms with Gasteiger partial charge in [0, 0.05) is 12.6 Å². The molecule has 0 unspecified atom stereocenters. The zero-order chi connectivity index (χ0) is 10.7. The van der Waals surface area contributed by atoms with Gasteiger partial charge >= 0.3 is 0 Å². The van der Waals surface area contributed by atoms with Gasteiger partial charge in [-0.3, -0.25) is 0 Å². The number of phenols is 1. The lowest BCUT2D eigenvalue weighted by molar-refractivity contribution is 0.470. The summed E-state index contributed by atoms with van der Waals surface area (Å²) >= 11 is 0. The van der Waals surface area contributed by atoms with Crippen LogP contribution < -0.4 is 5.32 Å². The Morgan fingerprint density at radius 2 is 1.86 bits per heavy atom. The van der Waals surface area contributed by atoms with Crippen LogP contribution in [-0.2, 0) is 6.54 Å². The molecule has 0 bridgehead atoms. The van der Waals surface area contributed by atoms with Gasteiger partial charge in [-0.2, -0.15) is 0 Å². The smallest absolute Gasteiger partial charge is 0.118 e. The standard InChI is InChI=1S/C12H19NO/c1-8(2)13-7-11-5-10(4)12(14)6-9(11)3/h5-6,8,13-14H,7H2,1-4H3. The first-order chi connectivity index (χ1) is 6.50. The van der Waals surface area contributed by atoms with E-state index in [1.54, 1.807) is 0 Å². The zero-order valence-corrected chi connectivity index (χ0v) is 9.39. The lowest BCUT2D eigenvalue weighted by Gasteiger charge is -2.12. The van der Waals surface area contributed by atoms with E-state index in [-0.39, 0.29) is 0 Å². The second kappa shape index (κ2) is 4.47. The van der Waals surface area contributed by atoms with Crippen molar-refractivity contribution in [3.8, 4) is 5.75 Å². The van der Waals surface area contributed by atoms with Crippen molar-refractivity contribution in [2.75, 3.05) is 0 Å². The summed E-state index contributed by atoms with van der Waals surface area (Å²) in [4.78, 5) is 0. The van der Waals surface area contributed by atoms with Gasteiger partial charge in [0.15, 0.2) is 0 Å². The van der Waals surface area contributed by atoms with Gasteiger partial charge in [-0.1, -0.05) is 19.9 Å².